The summed E-state index contributed by atoms with van der Waals surface area (Å²) in [5, 5.41) is 24.0. The molecule has 45 heavy (non-hydrogen) atoms. The molecule has 0 bridgehead atoms. The number of anilines is 1. The van der Waals surface area contributed by atoms with Gasteiger partial charge in [0.2, 0.25) is 0 Å². The highest BCUT2D eigenvalue weighted by atomic mass is 35.5. The topological polar surface area (TPSA) is 124 Å². The molecule has 1 amide bonds. The molecule has 2 aliphatic heterocycles. The highest BCUT2D eigenvalue weighted by Crippen LogP contribution is 2.41. The third-order valence-electron chi connectivity index (χ3n) is 7.30. The summed E-state index contributed by atoms with van der Waals surface area (Å²) >= 11 is 5.74. The van der Waals surface area contributed by atoms with Gasteiger partial charge < -0.3 is 29.2 Å². The molecular weight excluding hydrogens is 598 g/mol. The molecule has 10 heteroatoms. The third-order valence-corrected chi connectivity index (χ3v) is 7.53. The maximum absolute atomic E-state index is 13.1. The van der Waals surface area contributed by atoms with Crippen LogP contribution in [0.25, 0.3) is 6.08 Å². The van der Waals surface area contributed by atoms with Gasteiger partial charge in [0.05, 0.1) is 30.4 Å². The number of phenolic OH excluding ortho intramolecular Hbond substituents is 1. The number of carbonyl (C=O) groups is 2. The first-order chi connectivity index (χ1) is 21.1. The van der Waals surface area contributed by atoms with Gasteiger partial charge in [-0.1, -0.05) is 23.7 Å². The van der Waals surface area contributed by atoms with E-state index in [1.165, 1.54) is 6.07 Å². The molecule has 3 aromatic rings. The Morgan fingerprint density at radius 2 is 1.80 bits per heavy atom. The van der Waals surface area contributed by atoms with E-state index in [0.29, 0.717) is 45.5 Å². The van der Waals surface area contributed by atoms with Crippen LogP contribution in [0.1, 0.15) is 68.6 Å². The molecule has 1 unspecified atom stereocenters. The van der Waals surface area contributed by atoms with Gasteiger partial charge >= 0.3 is 6.09 Å². The molecule has 5 rings (SSSR count). The van der Waals surface area contributed by atoms with E-state index in [-0.39, 0.29) is 29.6 Å². The van der Waals surface area contributed by atoms with Crippen LogP contribution in [-0.2, 0) is 17.6 Å². The maximum atomic E-state index is 13.1. The summed E-state index contributed by atoms with van der Waals surface area (Å²) in [5.41, 5.74) is 1.85. The van der Waals surface area contributed by atoms with Crippen LogP contribution in [0.4, 0.5) is 10.5 Å². The van der Waals surface area contributed by atoms with Crippen LogP contribution in [0.3, 0.4) is 0 Å². The molecule has 0 radical (unpaired) electrons. The van der Waals surface area contributed by atoms with Crippen molar-refractivity contribution in [2.24, 2.45) is 0 Å². The van der Waals surface area contributed by atoms with Crippen LogP contribution in [0.15, 0.2) is 54.6 Å². The lowest BCUT2D eigenvalue weighted by Crippen LogP contribution is -2.46. The fraction of sp³-hybridized carbons (Fsp3) is 0.371. The molecule has 240 valence electrons. The van der Waals surface area contributed by atoms with Crippen molar-refractivity contribution < 1.29 is 38.7 Å². The number of benzene rings is 3. The van der Waals surface area contributed by atoms with E-state index in [2.05, 4.69) is 5.32 Å². The Morgan fingerprint density at radius 1 is 1.07 bits per heavy atom. The van der Waals surface area contributed by atoms with E-state index >= 15 is 0 Å². The van der Waals surface area contributed by atoms with Crippen molar-refractivity contribution in [3.63, 3.8) is 0 Å². The molecular formula is C35H40ClNO8. The van der Waals surface area contributed by atoms with Gasteiger partial charge in [-0.15, -0.1) is 0 Å². The number of methoxy groups -OCH3 is 1. The van der Waals surface area contributed by atoms with Crippen LogP contribution < -0.4 is 19.5 Å². The Balaban J connectivity index is 0.000000276. The number of hydrogen-bond donors (Lipinski definition) is 3. The van der Waals surface area contributed by atoms with E-state index < -0.39 is 23.4 Å². The number of Topliss-reactive ketones (excluding diaryl/α,β-unsaturated/α-hetero) is 1. The highest BCUT2D eigenvalue weighted by molar-refractivity contribution is 6.30. The largest absolute Gasteiger partial charge is 0.507 e. The molecule has 0 spiro atoms. The maximum Gasteiger partial charge on any atom is 0.411 e. The summed E-state index contributed by atoms with van der Waals surface area (Å²) in [4.78, 5) is 24.3. The summed E-state index contributed by atoms with van der Waals surface area (Å²) in [7, 11) is 1.56. The first-order valence-electron chi connectivity index (χ1n) is 14.7. The summed E-state index contributed by atoms with van der Waals surface area (Å²) in [6, 6.07) is 13.6. The lowest BCUT2D eigenvalue weighted by Gasteiger charge is -2.37. The predicted molar refractivity (Wildman–Crippen MR) is 174 cm³/mol. The number of ether oxygens (including phenoxy) is 4. The number of fused-ring (bicyclic) bond motifs is 2. The van der Waals surface area contributed by atoms with E-state index in [4.69, 9.17) is 30.5 Å². The number of phenols is 1. The second-order valence-corrected chi connectivity index (χ2v) is 12.7. The quantitative estimate of drug-likeness (QED) is 0.239. The number of aliphatic hydroxyl groups is 1. The van der Waals surface area contributed by atoms with Gasteiger partial charge in [-0.2, -0.15) is 0 Å². The summed E-state index contributed by atoms with van der Waals surface area (Å²) in [6.45, 7) is 11.1. The molecule has 0 saturated heterocycles. The van der Waals surface area contributed by atoms with Crippen LogP contribution in [0.5, 0.6) is 23.0 Å². The van der Waals surface area contributed by atoms with Crippen molar-refractivity contribution in [2.45, 2.75) is 77.8 Å². The van der Waals surface area contributed by atoms with Crippen LogP contribution >= 0.6 is 11.6 Å². The fourth-order valence-corrected chi connectivity index (χ4v) is 5.14. The van der Waals surface area contributed by atoms with Gasteiger partial charge in [0.15, 0.2) is 5.78 Å². The predicted octanol–water partition coefficient (Wildman–Crippen LogP) is 7.38. The van der Waals surface area contributed by atoms with Gasteiger partial charge in [-0.25, -0.2) is 4.79 Å². The van der Waals surface area contributed by atoms with Crippen molar-refractivity contribution >= 4 is 35.2 Å². The minimum absolute atomic E-state index is 0.0505. The number of aromatic hydroxyl groups is 1. The number of nitrogens with one attached hydrogen (secondary N) is 1. The number of ketones is 1. The van der Waals surface area contributed by atoms with Gasteiger partial charge in [0.1, 0.15) is 34.2 Å². The standard InChI is InChI=1S/C25H28O6.C10H12ClNO2/c1-24(2)9-8-16-20(30-24)7-6-14(23(16)29-5)11-18(26)17-10-15-12-22(28)25(3,4)31-21(15)13-19(17)27;1-7(2)14-10(13)12-9-5-3-4-8(11)6-9/h6-10,13,22,27-28H,11-12H2,1-5H3;3-7H,1-2H3,(H,12,13). The van der Waals surface area contributed by atoms with Crippen molar-refractivity contribution in [1.82, 2.24) is 0 Å². The van der Waals surface area contributed by atoms with Gasteiger partial charge in [-0.3, -0.25) is 10.1 Å². The number of rotatable bonds is 6. The molecule has 2 heterocycles. The molecule has 0 saturated carbocycles. The second kappa shape index (κ2) is 13.4. The molecule has 0 aromatic heterocycles. The monoisotopic (exact) mass is 637 g/mol. The van der Waals surface area contributed by atoms with E-state index in [1.807, 2.05) is 38.1 Å². The zero-order valence-electron chi connectivity index (χ0n) is 26.6. The Labute approximate surface area is 268 Å². The number of aliphatic hydroxyl groups excluding tert-OH is 1. The molecule has 0 fully saturated rings. The van der Waals surface area contributed by atoms with Crippen molar-refractivity contribution in [3.8, 4) is 23.0 Å². The van der Waals surface area contributed by atoms with Crippen LogP contribution in [0.2, 0.25) is 5.02 Å². The van der Waals surface area contributed by atoms with Crippen molar-refractivity contribution in [1.29, 1.82) is 0 Å². The number of halogens is 1. The SMILES string of the molecule is CC(C)OC(=O)Nc1cccc(Cl)c1.COc1c(CC(=O)c2cc3c(cc2O)OC(C)(C)C(O)C3)ccc2c1C=CC(C)(C)O2. The summed E-state index contributed by atoms with van der Waals surface area (Å²) in [6.07, 6.45) is 2.99. The van der Waals surface area contributed by atoms with Gasteiger partial charge in [0.25, 0.3) is 0 Å². The lowest BCUT2D eigenvalue weighted by molar-refractivity contribution is -0.0412. The zero-order valence-corrected chi connectivity index (χ0v) is 27.3. The van der Waals surface area contributed by atoms with E-state index in [0.717, 1.165) is 5.56 Å². The lowest BCUT2D eigenvalue weighted by atomic mass is 9.89. The summed E-state index contributed by atoms with van der Waals surface area (Å²) in [5.74, 6) is 1.37. The van der Waals surface area contributed by atoms with E-state index in [1.54, 1.807) is 65.1 Å². The third kappa shape index (κ3) is 8.29. The normalized spacial score (nSPS) is 17.0. The molecule has 1 atom stereocenters. The minimum Gasteiger partial charge on any atom is -0.507 e. The molecule has 9 nitrogen and oxygen atoms in total. The number of hydrogen-bond acceptors (Lipinski definition) is 8. The van der Waals surface area contributed by atoms with Gasteiger partial charge in [0, 0.05) is 35.2 Å². The van der Waals surface area contributed by atoms with Crippen molar-refractivity contribution in [3.05, 3.63) is 81.9 Å². The summed E-state index contributed by atoms with van der Waals surface area (Å²) < 4.78 is 22.3. The number of carbonyl (C=O) groups excluding carboxylic acids is 2. The zero-order chi connectivity index (χ0) is 33.1. The molecule has 0 aliphatic carbocycles. The Morgan fingerprint density at radius 3 is 2.47 bits per heavy atom. The first kappa shape index (κ1) is 33.7. The van der Waals surface area contributed by atoms with E-state index in [9.17, 15) is 19.8 Å². The Kier molecular flexibility index (Phi) is 10.0. The molecule has 2 aliphatic rings. The Hall–Kier alpha value is -4.21. The average Bonchev–Trinajstić information content (AvgIpc) is 2.93. The first-order valence-corrected chi connectivity index (χ1v) is 15.0. The molecule has 3 aromatic carbocycles. The second-order valence-electron chi connectivity index (χ2n) is 12.3. The smallest absolute Gasteiger partial charge is 0.411 e. The highest BCUT2D eigenvalue weighted by Gasteiger charge is 2.36. The van der Waals surface area contributed by atoms with Gasteiger partial charge in [-0.05, 0) is 89.6 Å². The minimum atomic E-state index is -0.758. The van der Waals surface area contributed by atoms with Crippen LogP contribution in [0, 0.1) is 0 Å². The average molecular weight is 638 g/mol. The number of amides is 1. The molecule has 3 N–H and O–H groups in total. The fourth-order valence-electron chi connectivity index (χ4n) is 4.95. The van der Waals surface area contributed by atoms with Crippen molar-refractivity contribution in [2.75, 3.05) is 12.4 Å². The van der Waals surface area contributed by atoms with Crippen LogP contribution in [-0.4, -0.2) is 52.6 Å². The Bertz CT molecular complexity index is 1610.